The third-order valence-corrected chi connectivity index (χ3v) is 3.65. The minimum absolute atomic E-state index is 0.143. The summed E-state index contributed by atoms with van der Waals surface area (Å²) in [5.74, 6) is -0.859. The fraction of sp³-hybridized carbons (Fsp3) is 0.364. The van der Waals surface area contributed by atoms with Gasteiger partial charge in [0.2, 0.25) is 5.91 Å². The lowest BCUT2D eigenvalue weighted by atomic mass is 10.2. The van der Waals surface area contributed by atoms with Crippen molar-refractivity contribution in [1.82, 2.24) is 4.72 Å². The first-order chi connectivity index (χ1) is 7.34. The summed E-state index contributed by atoms with van der Waals surface area (Å²) in [5.41, 5.74) is 0.617. The van der Waals surface area contributed by atoms with Gasteiger partial charge in [0.25, 0.3) is 10.0 Å². The van der Waals surface area contributed by atoms with Crippen molar-refractivity contribution >= 4 is 15.9 Å². The number of hydrogen-bond donors (Lipinski definition) is 1. The van der Waals surface area contributed by atoms with Gasteiger partial charge in [0.1, 0.15) is 0 Å². The second kappa shape index (κ2) is 4.65. The monoisotopic (exact) mass is 241 g/mol. The van der Waals surface area contributed by atoms with Gasteiger partial charge in [-0.1, -0.05) is 32.0 Å². The van der Waals surface area contributed by atoms with Crippen molar-refractivity contribution in [3.05, 3.63) is 29.8 Å². The molecule has 1 rings (SSSR count). The van der Waals surface area contributed by atoms with Gasteiger partial charge in [-0.2, -0.15) is 0 Å². The molecule has 1 aromatic rings. The van der Waals surface area contributed by atoms with Crippen molar-refractivity contribution in [1.29, 1.82) is 0 Å². The molecule has 0 radical (unpaired) electrons. The van der Waals surface area contributed by atoms with Crippen LogP contribution in [0.25, 0.3) is 0 Å². The molecule has 0 aliphatic rings. The maximum absolute atomic E-state index is 11.8. The minimum atomic E-state index is -3.73. The molecule has 0 saturated heterocycles. The van der Waals surface area contributed by atoms with Crippen LogP contribution in [0.5, 0.6) is 0 Å². The third-order valence-electron chi connectivity index (χ3n) is 2.14. The van der Waals surface area contributed by atoms with Gasteiger partial charge in [-0.15, -0.1) is 0 Å². The van der Waals surface area contributed by atoms with Crippen molar-refractivity contribution in [2.24, 2.45) is 5.92 Å². The zero-order valence-electron chi connectivity index (χ0n) is 9.52. The molecule has 0 fully saturated rings. The molecule has 0 aliphatic heterocycles. The fourth-order valence-electron chi connectivity index (χ4n) is 1.16. The molecule has 0 unspecified atom stereocenters. The van der Waals surface area contributed by atoms with E-state index >= 15 is 0 Å². The van der Waals surface area contributed by atoms with Gasteiger partial charge in [0.15, 0.2) is 0 Å². The average Bonchev–Trinajstić information content (AvgIpc) is 2.17. The second-order valence-electron chi connectivity index (χ2n) is 3.89. The van der Waals surface area contributed by atoms with Crippen molar-refractivity contribution < 1.29 is 13.2 Å². The normalized spacial score (nSPS) is 11.5. The van der Waals surface area contributed by atoms with Crippen molar-refractivity contribution in [2.45, 2.75) is 25.7 Å². The summed E-state index contributed by atoms with van der Waals surface area (Å²) in [6.07, 6.45) is 0. The molecule has 16 heavy (non-hydrogen) atoms. The van der Waals surface area contributed by atoms with Crippen LogP contribution in [-0.2, 0) is 14.8 Å². The van der Waals surface area contributed by atoms with Crippen molar-refractivity contribution in [3.63, 3.8) is 0 Å². The van der Waals surface area contributed by atoms with Gasteiger partial charge in [-0.05, 0) is 18.6 Å². The molecular weight excluding hydrogens is 226 g/mol. The maximum atomic E-state index is 11.8. The number of carbonyl (C=O) groups is 1. The van der Waals surface area contributed by atoms with Gasteiger partial charge in [-0.25, -0.2) is 13.1 Å². The summed E-state index contributed by atoms with van der Waals surface area (Å²) in [5, 5.41) is 0. The van der Waals surface area contributed by atoms with E-state index in [-0.39, 0.29) is 10.8 Å². The van der Waals surface area contributed by atoms with Crippen LogP contribution in [0.15, 0.2) is 29.2 Å². The van der Waals surface area contributed by atoms with E-state index in [0.717, 1.165) is 0 Å². The van der Waals surface area contributed by atoms with Crippen LogP contribution in [0.1, 0.15) is 19.4 Å². The number of nitrogens with one attached hydrogen (secondary N) is 1. The van der Waals surface area contributed by atoms with E-state index in [1.807, 2.05) is 4.72 Å². The first-order valence-electron chi connectivity index (χ1n) is 4.97. The van der Waals surface area contributed by atoms with Crippen molar-refractivity contribution in [3.8, 4) is 0 Å². The summed E-state index contributed by atoms with van der Waals surface area (Å²) in [7, 11) is -3.73. The molecule has 0 aliphatic carbocycles. The smallest absolute Gasteiger partial charge is 0.264 e. The third kappa shape index (κ3) is 2.82. The number of sulfonamides is 1. The molecule has 5 heteroatoms. The zero-order valence-corrected chi connectivity index (χ0v) is 10.3. The van der Waals surface area contributed by atoms with Crippen LogP contribution in [0.3, 0.4) is 0 Å². The van der Waals surface area contributed by atoms with E-state index in [4.69, 9.17) is 0 Å². The van der Waals surface area contributed by atoms with E-state index in [0.29, 0.717) is 5.56 Å². The molecular formula is C11H15NO3S. The lowest BCUT2D eigenvalue weighted by molar-refractivity contribution is -0.122. The summed E-state index contributed by atoms with van der Waals surface area (Å²) in [6.45, 7) is 4.97. The summed E-state index contributed by atoms with van der Waals surface area (Å²) in [6, 6.07) is 6.54. The number of aryl methyl sites for hydroxylation is 1. The summed E-state index contributed by atoms with van der Waals surface area (Å²) >= 11 is 0. The Hall–Kier alpha value is -1.36. The predicted molar refractivity (Wildman–Crippen MR) is 61.3 cm³/mol. The van der Waals surface area contributed by atoms with Gasteiger partial charge < -0.3 is 0 Å². The van der Waals surface area contributed by atoms with Crippen molar-refractivity contribution in [2.75, 3.05) is 0 Å². The quantitative estimate of drug-likeness (QED) is 0.871. The van der Waals surface area contributed by atoms with E-state index in [9.17, 15) is 13.2 Å². The SMILES string of the molecule is Cc1ccccc1S(=O)(=O)NC(=O)C(C)C. The molecule has 0 heterocycles. The fourth-order valence-corrected chi connectivity index (χ4v) is 2.52. The van der Waals surface area contributed by atoms with E-state index in [1.165, 1.54) is 6.07 Å². The number of amides is 1. The summed E-state index contributed by atoms with van der Waals surface area (Å²) < 4.78 is 25.7. The molecule has 0 atom stereocenters. The first-order valence-corrected chi connectivity index (χ1v) is 6.45. The highest BCUT2D eigenvalue weighted by Crippen LogP contribution is 2.14. The highest BCUT2D eigenvalue weighted by atomic mass is 32.2. The van der Waals surface area contributed by atoms with Gasteiger partial charge >= 0.3 is 0 Å². The number of carbonyl (C=O) groups excluding carboxylic acids is 1. The number of benzene rings is 1. The standard InChI is InChI=1S/C11H15NO3S/c1-8(2)11(13)12-16(14,15)10-7-5-4-6-9(10)3/h4-8H,1-3H3,(H,12,13). The van der Waals surface area contributed by atoms with Gasteiger partial charge in [-0.3, -0.25) is 4.79 Å². The molecule has 1 amide bonds. The highest BCUT2D eigenvalue weighted by Gasteiger charge is 2.20. The molecule has 0 spiro atoms. The molecule has 88 valence electrons. The lowest BCUT2D eigenvalue weighted by Gasteiger charge is -2.10. The molecule has 4 nitrogen and oxygen atoms in total. The Morgan fingerprint density at radius 1 is 1.25 bits per heavy atom. The van der Waals surface area contributed by atoms with Gasteiger partial charge in [0.05, 0.1) is 4.90 Å². The maximum Gasteiger partial charge on any atom is 0.264 e. The largest absolute Gasteiger partial charge is 0.274 e. The van der Waals surface area contributed by atoms with Crippen LogP contribution in [0.2, 0.25) is 0 Å². The van der Waals surface area contributed by atoms with E-state index < -0.39 is 15.9 Å². The van der Waals surface area contributed by atoms with E-state index in [2.05, 4.69) is 0 Å². The van der Waals surface area contributed by atoms with E-state index in [1.54, 1.807) is 39.0 Å². The second-order valence-corrected chi connectivity index (χ2v) is 5.54. The lowest BCUT2D eigenvalue weighted by Crippen LogP contribution is -2.34. The first kappa shape index (κ1) is 12.7. The molecule has 0 bridgehead atoms. The number of hydrogen-bond acceptors (Lipinski definition) is 3. The highest BCUT2D eigenvalue weighted by molar-refractivity contribution is 7.90. The molecule has 1 N–H and O–H groups in total. The average molecular weight is 241 g/mol. The molecule has 0 aromatic heterocycles. The van der Waals surface area contributed by atoms with Crippen LogP contribution in [-0.4, -0.2) is 14.3 Å². The minimum Gasteiger partial charge on any atom is -0.274 e. The molecule has 1 aromatic carbocycles. The zero-order chi connectivity index (χ0) is 12.3. The Bertz CT molecular complexity index is 492. The van der Waals surface area contributed by atoms with Crippen LogP contribution in [0.4, 0.5) is 0 Å². The Kier molecular flexibility index (Phi) is 3.70. The Morgan fingerprint density at radius 2 is 1.81 bits per heavy atom. The molecule has 0 saturated carbocycles. The van der Waals surface area contributed by atoms with Crippen LogP contribution >= 0.6 is 0 Å². The predicted octanol–water partition coefficient (Wildman–Crippen LogP) is 1.46. The number of rotatable bonds is 3. The Labute approximate surface area is 95.7 Å². The topological polar surface area (TPSA) is 63.2 Å². The Morgan fingerprint density at radius 3 is 2.31 bits per heavy atom. The van der Waals surface area contributed by atoms with Gasteiger partial charge in [0, 0.05) is 5.92 Å². The summed E-state index contributed by atoms with van der Waals surface area (Å²) in [4.78, 5) is 11.5. The van der Waals surface area contributed by atoms with Crippen LogP contribution in [0, 0.1) is 12.8 Å². The Balaban J connectivity index is 3.05. The van der Waals surface area contributed by atoms with Crippen LogP contribution < -0.4 is 4.72 Å².